The quantitative estimate of drug-likeness (QED) is 0.853. The number of H-pyrrole nitrogens is 1. The monoisotopic (exact) mass is 388 g/mol. The lowest BCUT2D eigenvalue weighted by molar-refractivity contribution is -0.144. The number of hydrogen-bond acceptors (Lipinski definition) is 5. The summed E-state index contributed by atoms with van der Waals surface area (Å²) in [5.74, 6) is 1.34. The number of aromatic nitrogens is 2. The second-order valence-electron chi connectivity index (χ2n) is 8.04. The molecule has 8 heteroatoms. The molecule has 0 spiro atoms. The minimum atomic E-state index is -3.13. The van der Waals surface area contributed by atoms with E-state index in [1.807, 2.05) is 29.2 Å². The van der Waals surface area contributed by atoms with Crippen LogP contribution < -0.4 is 0 Å². The van der Waals surface area contributed by atoms with Crippen LogP contribution in [0.1, 0.15) is 25.1 Å². The number of amides is 1. The van der Waals surface area contributed by atoms with Crippen molar-refractivity contribution in [3.8, 4) is 0 Å². The first-order valence-electron chi connectivity index (χ1n) is 9.69. The summed E-state index contributed by atoms with van der Waals surface area (Å²) in [6.07, 6.45) is 3.00. The third-order valence-corrected chi connectivity index (χ3v) is 8.02. The second kappa shape index (κ2) is 6.31. The van der Waals surface area contributed by atoms with Gasteiger partial charge in [0.25, 0.3) is 0 Å². The fourth-order valence-electron chi connectivity index (χ4n) is 4.66. The van der Waals surface area contributed by atoms with E-state index in [2.05, 4.69) is 14.9 Å². The summed E-state index contributed by atoms with van der Waals surface area (Å²) < 4.78 is 24.7. The first kappa shape index (κ1) is 17.2. The van der Waals surface area contributed by atoms with Crippen LogP contribution in [0.2, 0.25) is 0 Å². The lowest BCUT2D eigenvalue weighted by atomic mass is 9.83. The standard InChI is InChI=1S/C19H24N4O3S/c24-19(13-4-3-5-13)23-9-8-22(16-11-27(25,26)12-17(16)23)10-18-20-14-6-1-2-7-15(14)21-18/h1-2,6-7,13,16-17H,3-5,8-12H2,(H,20,21)/t16-,17+/m1/s1. The van der Waals surface area contributed by atoms with Crippen molar-refractivity contribution in [2.24, 2.45) is 5.92 Å². The highest BCUT2D eigenvalue weighted by Crippen LogP contribution is 2.33. The molecule has 2 atom stereocenters. The molecule has 144 valence electrons. The molecule has 1 saturated carbocycles. The highest BCUT2D eigenvalue weighted by Gasteiger charge is 2.49. The Bertz CT molecular complexity index is 949. The van der Waals surface area contributed by atoms with E-state index in [-0.39, 0.29) is 35.4 Å². The van der Waals surface area contributed by atoms with Gasteiger partial charge in [-0.05, 0) is 25.0 Å². The summed E-state index contributed by atoms with van der Waals surface area (Å²) in [4.78, 5) is 24.8. The molecule has 1 aromatic carbocycles. The predicted molar refractivity (Wildman–Crippen MR) is 102 cm³/mol. The largest absolute Gasteiger partial charge is 0.341 e. The normalized spacial score (nSPS) is 28.2. The molecule has 1 aliphatic carbocycles. The van der Waals surface area contributed by atoms with E-state index in [0.717, 1.165) is 36.1 Å². The molecule has 2 aliphatic heterocycles. The Labute approximate surface area is 158 Å². The zero-order chi connectivity index (χ0) is 18.6. The van der Waals surface area contributed by atoms with Gasteiger partial charge in [0.2, 0.25) is 5.91 Å². The van der Waals surface area contributed by atoms with Gasteiger partial charge in [-0.2, -0.15) is 0 Å². The van der Waals surface area contributed by atoms with Crippen molar-refractivity contribution in [2.75, 3.05) is 24.6 Å². The number of para-hydroxylation sites is 2. The molecule has 1 amide bonds. The van der Waals surface area contributed by atoms with E-state index in [9.17, 15) is 13.2 Å². The van der Waals surface area contributed by atoms with Crippen LogP contribution in [0.3, 0.4) is 0 Å². The van der Waals surface area contributed by atoms with Crippen LogP contribution in [0.5, 0.6) is 0 Å². The molecule has 0 unspecified atom stereocenters. The number of fused-ring (bicyclic) bond motifs is 2. The van der Waals surface area contributed by atoms with Crippen LogP contribution in [0.25, 0.3) is 11.0 Å². The molecule has 1 aromatic heterocycles. The van der Waals surface area contributed by atoms with Crippen molar-refractivity contribution in [2.45, 2.75) is 37.9 Å². The first-order chi connectivity index (χ1) is 13.0. The van der Waals surface area contributed by atoms with Crippen LogP contribution in [-0.2, 0) is 21.2 Å². The van der Waals surface area contributed by atoms with Crippen molar-refractivity contribution in [1.29, 1.82) is 0 Å². The van der Waals surface area contributed by atoms with Crippen LogP contribution in [0.4, 0.5) is 0 Å². The summed E-state index contributed by atoms with van der Waals surface area (Å²) in [7, 11) is -3.13. The van der Waals surface area contributed by atoms with Crippen LogP contribution >= 0.6 is 0 Å². The van der Waals surface area contributed by atoms with Gasteiger partial charge >= 0.3 is 0 Å². The second-order valence-corrected chi connectivity index (χ2v) is 10.2. The van der Waals surface area contributed by atoms with Crippen LogP contribution in [0, 0.1) is 5.92 Å². The minimum Gasteiger partial charge on any atom is -0.341 e. The van der Waals surface area contributed by atoms with Crippen LogP contribution in [-0.4, -0.2) is 70.8 Å². The molecule has 1 N–H and O–H groups in total. The Morgan fingerprint density at radius 3 is 2.67 bits per heavy atom. The third kappa shape index (κ3) is 3.04. The Morgan fingerprint density at radius 1 is 1.15 bits per heavy atom. The Morgan fingerprint density at radius 2 is 1.93 bits per heavy atom. The highest BCUT2D eigenvalue weighted by molar-refractivity contribution is 7.91. The van der Waals surface area contributed by atoms with E-state index in [1.54, 1.807) is 0 Å². The molecule has 7 nitrogen and oxygen atoms in total. The molecule has 5 rings (SSSR count). The lowest BCUT2D eigenvalue weighted by Gasteiger charge is -2.45. The zero-order valence-corrected chi connectivity index (χ0v) is 16.0. The fraction of sp³-hybridized carbons (Fsp3) is 0.579. The molecule has 2 aromatic rings. The number of sulfone groups is 1. The van der Waals surface area contributed by atoms with Crippen molar-refractivity contribution in [1.82, 2.24) is 19.8 Å². The number of hydrogen-bond donors (Lipinski definition) is 1. The average molecular weight is 388 g/mol. The molecule has 0 radical (unpaired) electrons. The number of imidazole rings is 1. The third-order valence-electron chi connectivity index (χ3n) is 6.32. The summed E-state index contributed by atoms with van der Waals surface area (Å²) >= 11 is 0. The number of benzene rings is 1. The number of nitrogens with one attached hydrogen (secondary N) is 1. The first-order valence-corrected chi connectivity index (χ1v) is 11.5. The Kier molecular flexibility index (Phi) is 4.01. The van der Waals surface area contributed by atoms with Gasteiger partial charge in [-0.25, -0.2) is 13.4 Å². The van der Waals surface area contributed by atoms with Crippen molar-refractivity contribution < 1.29 is 13.2 Å². The van der Waals surface area contributed by atoms with Crippen molar-refractivity contribution in [3.05, 3.63) is 30.1 Å². The van der Waals surface area contributed by atoms with Gasteiger partial charge in [0.15, 0.2) is 9.84 Å². The fourth-order valence-corrected chi connectivity index (χ4v) is 6.67. The highest BCUT2D eigenvalue weighted by atomic mass is 32.2. The van der Waals surface area contributed by atoms with E-state index < -0.39 is 9.84 Å². The SMILES string of the molecule is O=C(C1CCC1)N1CCN(Cc2nc3ccccc3[nH]2)[C@@H]2CS(=O)(=O)C[C@@H]21. The number of carbonyl (C=O) groups is 1. The zero-order valence-electron chi connectivity index (χ0n) is 15.2. The topological polar surface area (TPSA) is 86.4 Å². The molecular weight excluding hydrogens is 364 g/mol. The minimum absolute atomic E-state index is 0.0900. The maximum absolute atomic E-state index is 12.8. The van der Waals surface area contributed by atoms with Crippen molar-refractivity contribution in [3.63, 3.8) is 0 Å². The number of nitrogens with zero attached hydrogens (tertiary/aromatic N) is 3. The van der Waals surface area contributed by atoms with E-state index in [1.165, 1.54) is 0 Å². The molecule has 3 fully saturated rings. The number of rotatable bonds is 3. The summed E-state index contributed by atoms with van der Waals surface area (Å²) in [5, 5.41) is 0. The van der Waals surface area contributed by atoms with Crippen LogP contribution in [0.15, 0.2) is 24.3 Å². The maximum atomic E-state index is 12.8. The van der Waals surface area contributed by atoms with Gasteiger partial charge in [0.1, 0.15) is 5.82 Å². The number of aromatic amines is 1. The predicted octanol–water partition coefficient (Wildman–Crippen LogP) is 1.17. The molecular formula is C19H24N4O3S. The van der Waals surface area contributed by atoms with Gasteiger partial charge in [0.05, 0.1) is 35.1 Å². The molecule has 27 heavy (non-hydrogen) atoms. The average Bonchev–Trinajstić information content (AvgIpc) is 3.12. The summed E-state index contributed by atoms with van der Waals surface area (Å²) in [5.41, 5.74) is 1.91. The molecule has 3 aliphatic rings. The van der Waals surface area contributed by atoms with Gasteiger partial charge in [0, 0.05) is 25.0 Å². The Balaban J connectivity index is 1.39. The van der Waals surface area contributed by atoms with Gasteiger partial charge in [-0.1, -0.05) is 18.6 Å². The molecule has 2 saturated heterocycles. The van der Waals surface area contributed by atoms with E-state index >= 15 is 0 Å². The van der Waals surface area contributed by atoms with Gasteiger partial charge < -0.3 is 9.88 Å². The smallest absolute Gasteiger partial charge is 0.226 e. The van der Waals surface area contributed by atoms with Gasteiger partial charge in [-0.15, -0.1) is 0 Å². The van der Waals surface area contributed by atoms with Gasteiger partial charge in [-0.3, -0.25) is 9.69 Å². The molecule has 0 bridgehead atoms. The summed E-state index contributed by atoms with van der Waals surface area (Å²) in [6, 6.07) is 7.52. The number of piperazine rings is 1. The molecule has 3 heterocycles. The summed E-state index contributed by atoms with van der Waals surface area (Å²) in [6.45, 7) is 1.87. The van der Waals surface area contributed by atoms with E-state index in [0.29, 0.717) is 19.6 Å². The number of carbonyl (C=O) groups excluding carboxylic acids is 1. The van der Waals surface area contributed by atoms with E-state index in [4.69, 9.17) is 0 Å². The van der Waals surface area contributed by atoms with Crippen molar-refractivity contribution >= 4 is 26.8 Å². The Hall–Kier alpha value is -1.93. The maximum Gasteiger partial charge on any atom is 0.226 e. The lowest BCUT2D eigenvalue weighted by Crippen LogP contribution is -2.61.